The second-order valence-electron chi connectivity index (χ2n) is 4.92. The van der Waals surface area contributed by atoms with Crippen molar-refractivity contribution in [3.8, 4) is 17.2 Å². The lowest BCUT2D eigenvalue weighted by atomic mass is 9.92. The molecule has 3 rings (SSSR count). The monoisotopic (exact) mass is 289 g/mol. The summed E-state index contributed by atoms with van der Waals surface area (Å²) in [5.41, 5.74) is 0.0865. The van der Waals surface area contributed by atoms with Gasteiger partial charge in [-0.15, -0.1) is 0 Å². The number of likely N-dealkylation sites (N-methyl/N-ethyl adjacent to an activating group) is 1. The highest BCUT2D eigenvalue weighted by Crippen LogP contribution is 2.53. The van der Waals surface area contributed by atoms with Crippen LogP contribution >= 0.6 is 0 Å². The number of methoxy groups -OCH3 is 1. The van der Waals surface area contributed by atoms with E-state index in [0.717, 1.165) is 0 Å². The van der Waals surface area contributed by atoms with Crippen LogP contribution in [0, 0.1) is 0 Å². The third-order valence-corrected chi connectivity index (χ3v) is 3.65. The fraction of sp³-hybridized carbons (Fsp3) is 0.538. The second-order valence-corrected chi connectivity index (χ2v) is 4.92. The predicted octanol–water partition coefficient (Wildman–Crippen LogP) is 2.43. The summed E-state index contributed by atoms with van der Waals surface area (Å²) in [5.74, 6) is 0.179. The Hall–Kier alpha value is -1.63. The first-order chi connectivity index (χ1) is 9.43. The molecule has 110 valence electrons. The van der Waals surface area contributed by atoms with Gasteiger partial charge in [0.2, 0.25) is 12.5 Å². The van der Waals surface area contributed by atoms with Crippen LogP contribution in [0.2, 0.25) is 0 Å². The lowest BCUT2D eigenvalue weighted by Crippen LogP contribution is -2.29. The van der Waals surface area contributed by atoms with E-state index in [-0.39, 0.29) is 23.9 Å². The average molecular weight is 289 g/mol. The van der Waals surface area contributed by atoms with Gasteiger partial charge in [-0.3, -0.25) is 0 Å². The van der Waals surface area contributed by atoms with Gasteiger partial charge in [0, 0.05) is 18.7 Å². The molecule has 1 aromatic carbocycles. The van der Waals surface area contributed by atoms with Crippen LogP contribution in [0.15, 0.2) is 0 Å². The molecule has 0 fully saturated rings. The van der Waals surface area contributed by atoms with Crippen LogP contribution < -0.4 is 14.2 Å². The summed E-state index contributed by atoms with van der Waals surface area (Å²) in [6.45, 7) is 0.755. The van der Waals surface area contributed by atoms with E-state index in [1.807, 2.05) is 11.9 Å². The summed E-state index contributed by atoms with van der Waals surface area (Å²) in [4.78, 5) is 1.95. The molecule has 20 heavy (non-hydrogen) atoms. The summed E-state index contributed by atoms with van der Waals surface area (Å²) in [5, 5.41) is 0. The van der Waals surface area contributed by atoms with Crippen molar-refractivity contribution >= 4 is 0 Å². The molecule has 0 aromatic heterocycles. The van der Waals surface area contributed by atoms with Crippen LogP contribution in [0.3, 0.4) is 0 Å². The zero-order chi connectivity index (χ0) is 14.5. The topological polar surface area (TPSA) is 30.9 Å². The fourth-order valence-corrected chi connectivity index (χ4v) is 2.81. The van der Waals surface area contributed by atoms with Gasteiger partial charge in [0.1, 0.15) is 5.56 Å². The van der Waals surface area contributed by atoms with Crippen LogP contribution in [0.4, 0.5) is 13.2 Å². The van der Waals surface area contributed by atoms with E-state index in [2.05, 4.69) is 0 Å². The molecule has 0 saturated carbocycles. The van der Waals surface area contributed by atoms with Crippen LogP contribution in [-0.4, -0.2) is 32.4 Å². The lowest BCUT2D eigenvalue weighted by molar-refractivity contribution is -0.139. The molecule has 2 heterocycles. The van der Waals surface area contributed by atoms with Gasteiger partial charge >= 0.3 is 6.18 Å². The zero-order valence-electron chi connectivity index (χ0n) is 11.1. The Morgan fingerprint density at radius 2 is 1.85 bits per heavy atom. The van der Waals surface area contributed by atoms with Gasteiger partial charge < -0.3 is 19.1 Å². The normalized spacial score (nSPS) is 18.1. The Balaban J connectivity index is 2.31. The number of fused-ring (bicyclic) bond motifs is 2. The number of nitrogens with zero attached hydrogens (tertiary/aromatic N) is 1. The second kappa shape index (κ2) is 4.44. The first-order valence-electron chi connectivity index (χ1n) is 6.20. The van der Waals surface area contributed by atoms with Crippen molar-refractivity contribution in [3.63, 3.8) is 0 Å². The molecule has 0 aliphatic carbocycles. The minimum atomic E-state index is -4.47. The van der Waals surface area contributed by atoms with Crippen LogP contribution in [-0.2, 0) is 19.1 Å². The van der Waals surface area contributed by atoms with E-state index in [9.17, 15) is 13.2 Å². The van der Waals surface area contributed by atoms with Gasteiger partial charge in [-0.25, -0.2) is 0 Å². The van der Waals surface area contributed by atoms with E-state index < -0.39 is 11.7 Å². The molecule has 1 aromatic rings. The first kappa shape index (κ1) is 13.4. The van der Waals surface area contributed by atoms with Gasteiger partial charge in [-0.05, 0) is 19.0 Å². The van der Waals surface area contributed by atoms with E-state index >= 15 is 0 Å². The minimum absolute atomic E-state index is 0.0638. The zero-order valence-corrected chi connectivity index (χ0v) is 11.1. The molecular formula is C13H14F3NO3. The van der Waals surface area contributed by atoms with Gasteiger partial charge in [0.05, 0.1) is 7.11 Å². The van der Waals surface area contributed by atoms with Crippen LogP contribution in [0.5, 0.6) is 17.2 Å². The number of rotatable bonds is 1. The van der Waals surface area contributed by atoms with Crippen LogP contribution in [0.1, 0.15) is 16.7 Å². The largest absolute Gasteiger partial charge is 0.492 e. The smallest absolute Gasteiger partial charge is 0.420 e. The molecule has 4 nitrogen and oxygen atoms in total. The minimum Gasteiger partial charge on any atom is -0.492 e. The molecule has 0 saturated heterocycles. The van der Waals surface area contributed by atoms with Gasteiger partial charge in [-0.2, -0.15) is 13.2 Å². The van der Waals surface area contributed by atoms with Crippen molar-refractivity contribution in [2.75, 3.05) is 27.5 Å². The maximum atomic E-state index is 13.4. The number of benzene rings is 1. The summed E-state index contributed by atoms with van der Waals surface area (Å²) < 4.78 is 55.6. The number of hydrogen-bond acceptors (Lipinski definition) is 4. The van der Waals surface area contributed by atoms with Gasteiger partial charge in [-0.1, -0.05) is 0 Å². The Labute approximate surface area is 114 Å². The number of alkyl halides is 3. The number of halogens is 3. The Kier molecular flexibility index (Phi) is 2.97. The van der Waals surface area contributed by atoms with Gasteiger partial charge in [0.25, 0.3) is 0 Å². The van der Waals surface area contributed by atoms with Crippen molar-refractivity contribution < 1.29 is 27.4 Å². The molecule has 0 unspecified atom stereocenters. The fourth-order valence-electron chi connectivity index (χ4n) is 2.81. The third kappa shape index (κ3) is 1.88. The van der Waals surface area contributed by atoms with Crippen molar-refractivity contribution in [2.45, 2.75) is 19.1 Å². The van der Waals surface area contributed by atoms with E-state index in [1.165, 1.54) is 7.11 Å². The highest BCUT2D eigenvalue weighted by atomic mass is 19.4. The van der Waals surface area contributed by atoms with Crippen molar-refractivity contribution in [1.82, 2.24) is 4.90 Å². The maximum absolute atomic E-state index is 13.4. The first-order valence-corrected chi connectivity index (χ1v) is 6.20. The molecule has 0 spiro atoms. The molecular weight excluding hydrogens is 275 g/mol. The van der Waals surface area contributed by atoms with E-state index in [4.69, 9.17) is 14.2 Å². The van der Waals surface area contributed by atoms with E-state index in [1.54, 1.807) is 0 Å². The molecule has 0 N–H and O–H groups in total. The molecule has 0 amide bonds. The molecule has 7 heteroatoms. The average Bonchev–Trinajstić information content (AvgIpc) is 2.82. The van der Waals surface area contributed by atoms with Gasteiger partial charge in [0.15, 0.2) is 11.5 Å². The standard InChI is InChI=1S/C13H14F3NO3/c1-17-4-3-7-8(5-17)10(18-2)12-11(19-6-20-12)9(7)13(14,15)16/h3-6H2,1-2H3. The van der Waals surface area contributed by atoms with Crippen molar-refractivity contribution in [1.29, 1.82) is 0 Å². The summed E-state index contributed by atoms with van der Waals surface area (Å²) in [6, 6.07) is 0. The predicted molar refractivity (Wildman–Crippen MR) is 64.2 cm³/mol. The molecule has 2 aliphatic heterocycles. The number of hydrogen-bond donors (Lipinski definition) is 0. The molecule has 2 aliphatic rings. The molecule has 0 atom stereocenters. The van der Waals surface area contributed by atoms with Crippen LogP contribution in [0.25, 0.3) is 0 Å². The Morgan fingerprint density at radius 1 is 1.15 bits per heavy atom. The van der Waals surface area contributed by atoms with Crippen molar-refractivity contribution in [2.24, 2.45) is 0 Å². The number of ether oxygens (including phenoxy) is 3. The Morgan fingerprint density at radius 3 is 2.50 bits per heavy atom. The summed E-state index contributed by atoms with van der Waals surface area (Å²) in [7, 11) is 3.29. The maximum Gasteiger partial charge on any atom is 0.420 e. The summed E-state index contributed by atoms with van der Waals surface area (Å²) >= 11 is 0. The molecule has 0 bridgehead atoms. The van der Waals surface area contributed by atoms with Crippen molar-refractivity contribution in [3.05, 3.63) is 16.7 Å². The quantitative estimate of drug-likeness (QED) is 0.794. The van der Waals surface area contributed by atoms with E-state index in [0.29, 0.717) is 30.8 Å². The SMILES string of the molecule is COc1c2c(c(C(F)(F)F)c3c1OCO3)CCN(C)C2. The lowest BCUT2D eigenvalue weighted by Gasteiger charge is -2.29. The molecule has 0 radical (unpaired) electrons. The third-order valence-electron chi connectivity index (χ3n) is 3.65. The highest BCUT2D eigenvalue weighted by Gasteiger charge is 2.44. The Bertz CT molecular complexity index is 557. The highest BCUT2D eigenvalue weighted by molar-refractivity contribution is 5.66. The summed E-state index contributed by atoms with van der Waals surface area (Å²) in [6.07, 6.45) is -4.16.